The van der Waals surface area contributed by atoms with Gasteiger partial charge in [-0.1, -0.05) is 30.3 Å². The molecule has 152 valence electrons. The molecule has 1 heterocycles. The summed E-state index contributed by atoms with van der Waals surface area (Å²) in [7, 11) is 0. The van der Waals surface area contributed by atoms with Crippen molar-refractivity contribution in [1.29, 1.82) is 0 Å². The number of amides is 2. The Morgan fingerprint density at radius 3 is 2.33 bits per heavy atom. The van der Waals surface area contributed by atoms with Gasteiger partial charge in [-0.15, -0.1) is 0 Å². The van der Waals surface area contributed by atoms with Gasteiger partial charge in [0.25, 0.3) is 0 Å². The lowest BCUT2D eigenvalue weighted by Crippen LogP contribution is -2.36. The zero-order valence-corrected chi connectivity index (χ0v) is 16.3. The second-order valence-electron chi connectivity index (χ2n) is 7.08. The summed E-state index contributed by atoms with van der Waals surface area (Å²) in [6.07, 6.45) is 0.455. The van der Waals surface area contributed by atoms with Crippen LogP contribution in [0.3, 0.4) is 0 Å². The molecule has 1 N–H and O–H groups in total. The van der Waals surface area contributed by atoms with Gasteiger partial charge in [0.2, 0.25) is 11.8 Å². The second-order valence-corrected chi connectivity index (χ2v) is 7.08. The first kappa shape index (κ1) is 19.6. The van der Waals surface area contributed by atoms with Gasteiger partial charge in [-0.05, 0) is 60.5 Å². The van der Waals surface area contributed by atoms with Gasteiger partial charge in [-0.2, -0.15) is 0 Å². The molecule has 4 rings (SSSR count). The van der Waals surface area contributed by atoms with E-state index in [4.69, 9.17) is 4.74 Å². The van der Waals surface area contributed by atoms with Crippen molar-refractivity contribution >= 4 is 17.5 Å². The lowest BCUT2D eigenvalue weighted by atomic mass is 10.1. The van der Waals surface area contributed by atoms with Crippen molar-refractivity contribution in [3.63, 3.8) is 0 Å². The molecule has 0 bridgehead atoms. The molecule has 0 radical (unpaired) electrons. The SMILES string of the molecule is O=C(NCc1ccc(F)cc1)C1CCN(c2ccc(Oc3ccccc3)cc2)C1=O. The molecule has 1 atom stereocenters. The average molecular weight is 404 g/mol. The van der Waals surface area contributed by atoms with Gasteiger partial charge in [0, 0.05) is 18.8 Å². The van der Waals surface area contributed by atoms with Gasteiger partial charge < -0.3 is 15.0 Å². The van der Waals surface area contributed by atoms with Gasteiger partial charge in [0.05, 0.1) is 0 Å². The highest BCUT2D eigenvalue weighted by molar-refractivity contribution is 6.09. The Morgan fingerprint density at radius 2 is 1.63 bits per heavy atom. The minimum Gasteiger partial charge on any atom is -0.457 e. The second kappa shape index (κ2) is 8.78. The topological polar surface area (TPSA) is 58.6 Å². The Labute approximate surface area is 174 Å². The van der Waals surface area contributed by atoms with Crippen molar-refractivity contribution in [2.75, 3.05) is 11.4 Å². The van der Waals surface area contributed by atoms with E-state index >= 15 is 0 Å². The molecule has 5 nitrogen and oxygen atoms in total. The summed E-state index contributed by atoms with van der Waals surface area (Å²) in [5.74, 6) is -0.165. The summed E-state index contributed by atoms with van der Waals surface area (Å²) in [4.78, 5) is 26.9. The fourth-order valence-corrected chi connectivity index (χ4v) is 3.41. The summed E-state index contributed by atoms with van der Waals surface area (Å²) < 4.78 is 18.7. The first-order valence-electron chi connectivity index (χ1n) is 9.77. The predicted molar refractivity (Wildman–Crippen MR) is 112 cm³/mol. The van der Waals surface area contributed by atoms with Gasteiger partial charge in [-0.25, -0.2) is 4.39 Å². The van der Waals surface area contributed by atoms with Gasteiger partial charge in [0.1, 0.15) is 23.2 Å². The minimum atomic E-state index is -0.717. The third kappa shape index (κ3) is 4.49. The highest BCUT2D eigenvalue weighted by Gasteiger charge is 2.37. The van der Waals surface area contributed by atoms with Gasteiger partial charge in [-0.3, -0.25) is 9.59 Å². The predicted octanol–water partition coefficient (Wildman–Crippen LogP) is 4.29. The van der Waals surface area contributed by atoms with Crippen LogP contribution in [0.1, 0.15) is 12.0 Å². The number of halogens is 1. The van der Waals surface area contributed by atoms with Crippen molar-refractivity contribution in [3.05, 3.63) is 90.2 Å². The third-order valence-electron chi connectivity index (χ3n) is 5.03. The van der Waals surface area contributed by atoms with E-state index in [0.29, 0.717) is 18.7 Å². The molecule has 1 aliphatic rings. The van der Waals surface area contributed by atoms with Crippen molar-refractivity contribution in [2.24, 2.45) is 5.92 Å². The van der Waals surface area contributed by atoms with E-state index in [1.165, 1.54) is 12.1 Å². The fraction of sp³-hybridized carbons (Fsp3) is 0.167. The van der Waals surface area contributed by atoms with Crippen LogP contribution >= 0.6 is 0 Å². The maximum absolute atomic E-state index is 13.0. The summed E-state index contributed by atoms with van der Waals surface area (Å²) in [5.41, 5.74) is 1.51. The number of nitrogens with one attached hydrogen (secondary N) is 1. The number of rotatable bonds is 6. The molecular weight excluding hydrogens is 383 g/mol. The quantitative estimate of drug-likeness (QED) is 0.624. The Hall–Kier alpha value is -3.67. The summed E-state index contributed by atoms with van der Waals surface area (Å²) in [5, 5.41) is 2.77. The zero-order chi connectivity index (χ0) is 20.9. The van der Waals surface area contributed by atoms with Crippen molar-refractivity contribution in [1.82, 2.24) is 5.32 Å². The van der Waals surface area contributed by atoms with Crippen LogP contribution in [0.15, 0.2) is 78.9 Å². The molecule has 3 aromatic rings. The third-order valence-corrected chi connectivity index (χ3v) is 5.03. The Morgan fingerprint density at radius 1 is 0.967 bits per heavy atom. The summed E-state index contributed by atoms with van der Waals surface area (Å²) in [6.45, 7) is 0.737. The standard InChI is InChI=1S/C24H21FN2O3/c25-18-8-6-17(7-9-18)16-26-23(28)22-14-15-27(24(22)29)19-10-12-21(13-11-19)30-20-4-2-1-3-5-20/h1-13,22H,14-16H2,(H,26,28). The first-order valence-corrected chi connectivity index (χ1v) is 9.77. The van der Waals surface area contributed by atoms with Crippen LogP contribution < -0.4 is 15.0 Å². The van der Waals surface area contributed by atoms with Crippen LogP contribution in [0.5, 0.6) is 11.5 Å². The number of carbonyl (C=O) groups excluding carboxylic acids is 2. The smallest absolute Gasteiger partial charge is 0.239 e. The van der Waals surface area contributed by atoms with Crippen LogP contribution in [0, 0.1) is 11.7 Å². The Balaban J connectivity index is 1.35. The molecule has 1 unspecified atom stereocenters. The number of anilines is 1. The molecule has 0 aromatic heterocycles. The van der Waals surface area contributed by atoms with E-state index in [-0.39, 0.29) is 24.2 Å². The zero-order valence-electron chi connectivity index (χ0n) is 16.3. The summed E-state index contributed by atoms with van der Waals surface area (Å²) in [6, 6.07) is 22.6. The molecule has 0 aliphatic carbocycles. The first-order chi connectivity index (χ1) is 14.6. The number of hydrogen-bond acceptors (Lipinski definition) is 3. The Kier molecular flexibility index (Phi) is 5.75. The van der Waals surface area contributed by atoms with Crippen molar-refractivity contribution < 1.29 is 18.7 Å². The number of nitrogens with zero attached hydrogens (tertiary/aromatic N) is 1. The number of para-hydroxylation sites is 1. The number of benzene rings is 3. The molecule has 2 amide bonds. The van der Waals surface area contributed by atoms with Gasteiger partial charge >= 0.3 is 0 Å². The van der Waals surface area contributed by atoms with E-state index in [2.05, 4.69) is 5.32 Å². The molecule has 6 heteroatoms. The molecule has 3 aromatic carbocycles. The van der Waals surface area contributed by atoms with Crippen LogP contribution in [-0.2, 0) is 16.1 Å². The highest BCUT2D eigenvalue weighted by atomic mass is 19.1. The summed E-state index contributed by atoms with van der Waals surface area (Å²) >= 11 is 0. The molecule has 1 saturated heterocycles. The number of carbonyl (C=O) groups is 2. The molecule has 1 fully saturated rings. The highest BCUT2D eigenvalue weighted by Crippen LogP contribution is 2.28. The number of hydrogen-bond donors (Lipinski definition) is 1. The van der Waals surface area contributed by atoms with Gasteiger partial charge in [0.15, 0.2) is 0 Å². The normalized spacial score (nSPS) is 15.8. The molecule has 1 aliphatic heterocycles. The monoisotopic (exact) mass is 404 g/mol. The largest absolute Gasteiger partial charge is 0.457 e. The average Bonchev–Trinajstić information content (AvgIpc) is 3.16. The van der Waals surface area contributed by atoms with E-state index in [9.17, 15) is 14.0 Å². The molecule has 30 heavy (non-hydrogen) atoms. The maximum atomic E-state index is 13.0. The minimum absolute atomic E-state index is 0.219. The lowest BCUT2D eigenvalue weighted by Gasteiger charge is -2.17. The van der Waals surface area contributed by atoms with Crippen molar-refractivity contribution in [2.45, 2.75) is 13.0 Å². The van der Waals surface area contributed by atoms with Crippen molar-refractivity contribution in [3.8, 4) is 11.5 Å². The molecule has 0 spiro atoms. The fourth-order valence-electron chi connectivity index (χ4n) is 3.41. The molecular formula is C24H21FN2O3. The Bertz CT molecular complexity index is 1020. The van der Waals surface area contributed by atoms with E-state index < -0.39 is 5.92 Å². The lowest BCUT2D eigenvalue weighted by molar-refractivity contribution is -0.132. The van der Waals surface area contributed by atoms with Crippen LogP contribution in [0.4, 0.5) is 10.1 Å². The van der Waals surface area contributed by atoms with E-state index in [1.54, 1.807) is 29.2 Å². The van der Waals surface area contributed by atoms with Crippen LogP contribution in [-0.4, -0.2) is 18.4 Å². The maximum Gasteiger partial charge on any atom is 0.239 e. The van der Waals surface area contributed by atoms with E-state index in [0.717, 1.165) is 17.0 Å². The van der Waals surface area contributed by atoms with Crippen LogP contribution in [0.25, 0.3) is 0 Å². The van der Waals surface area contributed by atoms with E-state index in [1.807, 2.05) is 42.5 Å². The molecule has 0 saturated carbocycles. The van der Waals surface area contributed by atoms with Crippen LogP contribution in [0.2, 0.25) is 0 Å². The number of ether oxygens (including phenoxy) is 1.